The second-order valence-electron chi connectivity index (χ2n) is 8.21. The SMILES string of the molecule is COC(=O)COc1ccc([C@@H]2CC[C@H](N[C@H](C)c3ccc(F)c4ccccc34)C2)cc1. The second kappa shape index (κ2) is 9.48. The minimum Gasteiger partial charge on any atom is -0.482 e. The van der Waals surface area contributed by atoms with Gasteiger partial charge in [-0.1, -0.05) is 42.5 Å². The number of carbonyl (C=O) groups is 1. The predicted molar refractivity (Wildman–Crippen MR) is 120 cm³/mol. The Balaban J connectivity index is 1.37. The standard InChI is InChI=1S/C26H28FNO3/c1-17(22-13-14-25(27)24-6-4-3-5-23(22)24)28-20-10-7-19(15-20)18-8-11-21(12-9-18)31-16-26(29)30-2/h3-6,8-9,11-14,17,19-20,28H,7,10,15-16H2,1-2H3/t17-,19-,20+/m1/s1. The molecule has 0 spiro atoms. The van der Waals surface area contributed by atoms with E-state index in [1.807, 2.05) is 42.5 Å². The number of hydrogen-bond acceptors (Lipinski definition) is 4. The van der Waals surface area contributed by atoms with Gasteiger partial charge in [-0.05, 0) is 66.8 Å². The maximum atomic E-state index is 14.2. The van der Waals surface area contributed by atoms with Gasteiger partial charge in [0.1, 0.15) is 11.6 Å². The molecule has 0 bridgehead atoms. The summed E-state index contributed by atoms with van der Waals surface area (Å²) in [6.45, 7) is 2.07. The average Bonchev–Trinajstić information content (AvgIpc) is 3.26. The highest BCUT2D eigenvalue weighted by molar-refractivity contribution is 5.86. The highest BCUT2D eigenvalue weighted by Crippen LogP contribution is 2.36. The molecule has 0 radical (unpaired) electrons. The number of methoxy groups -OCH3 is 1. The summed E-state index contributed by atoms with van der Waals surface area (Å²) in [5.41, 5.74) is 2.42. The third-order valence-electron chi connectivity index (χ3n) is 6.23. The van der Waals surface area contributed by atoms with Crippen molar-refractivity contribution >= 4 is 16.7 Å². The minimum absolute atomic E-state index is 0.0821. The van der Waals surface area contributed by atoms with Gasteiger partial charge in [0.25, 0.3) is 0 Å². The fourth-order valence-electron chi connectivity index (χ4n) is 4.58. The van der Waals surface area contributed by atoms with E-state index >= 15 is 0 Å². The molecule has 1 fully saturated rings. The van der Waals surface area contributed by atoms with E-state index in [1.165, 1.54) is 12.7 Å². The van der Waals surface area contributed by atoms with Crippen LogP contribution in [0.3, 0.4) is 0 Å². The number of esters is 1. The molecule has 0 aromatic heterocycles. The van der Waals surface area contributed by atoms with E-state index < -0.39 is 5.97 Å². The number of nitrogens with one attached hydrogen (secondary N) is 1. The molecule has 0 aliphatic heterocycles. The molecule has 1 aliphatic carbocycles. The number of halogens is 1. The Hall–Kier alpha value is -2.92. The summed E-state index contributed by atoms with van der Waals surface area (Å²) < 4.78 is 24.2. The first-order valence-corrected chi connectivity index (χ1v) is 10.8. The summed E-state index contributed by atoms with van der Waals surface area (Å²) in [5.74, 6) is 0.589. The topological polar surface area (TPSA) is 47.6 Å². The van der Waals surface area contributed by atoms with Gasteiger partial charge in [0.15, 0.2) is 6.61 Å². The van der Waals surface area contributed by atoms with E-state index in [1.54, 1.807) is 6.07 Å². The van der Waals surface area contributed by atoms with Crippen LogP contribution in [0.15, 0.2) is 60.7 Å². The lowest BCUT2D eigenvalue weighted by Crippen LogP contribution is -2.29. The molecule has 1 N–H and O–H groups in total. The van der Waals surface area contributed by atoms with Crippen LogP contribution in [0.2, 0.25) is 0 Å². The normalized spacial score (nSPS) is 19.3. The summed E-state index contributed by atoms with van der Waals surface area (Å²) in [5, 5.41) is 5.40. The maximum Gasteiger partial charge on any atom is 0.343 e. The van der Waals surface area contributed by atoms with Crippen LogP contribution in [-0.4, -0.2) is 25.7 Å². The zero-order valence-electron chi connectivity index (χ0n) is 17.9. The lowest BCUT2D eigenvalue weighted by Gasteiger charge is -2.22. The maximum absolute atomic E-state index is 14.2. The Kier molecular flexibility index (Phi) is 6.52. The Morgan fingerprint density at radius 2 is 1.81 bits per heavy atom. The van der Waals surface area contributed by atoms with Gasteiger partial charge in [0.2, 0.25) is 0 Å². The van der Waals surface area contributed by atoms with Crippen LogP contribution in [0.25, 0.3) is 10.8 Å². The molecule has 4 rings (SSSR count). The van der Waals surface area contributed by atoms with E-state index in [9.17, 15) is 9.18 Å². The Labute approximate surface area is 182 Å². The molecule has 0 unspecified atom stereocenters. The Morgan fingerprint density at radius 3 is 2.55 bits per heavy atom. The minimum atomic E-state index is -0.392. The van der Waals surface area contributed by atoms with E-state index in [2.05, 4.69) is 29.1 Å². The fraction of sp³-hybridized carbons (Fsp3) is 0.346. The second-order valence-corrected chi connectivity index (χ2v) is 8.21. The van der Waals surface area contributed by atoms with Crippen molar-refractivity contribution < 1.29 is 18.7 Å². The summed E-state index contributed by atoms with van der Waals surface area (Å²) in [4.78, 5) is 11.2. The monoisotopic (exact) mass is 421 g/mol. The van der Waals surface area contributed by atoms with E-state index in [0.717, 1.165) is 30.2 Å². The zero-order chi connectivity index (χ0) is 21.8. The average molecular weight is 422 g/mol. The Bertz CT molecular complexity index is 1050. The van der Waals surface area contributed by atoms with Crippen LogP contribution in [-0.2, 0) is 9.53 Å². The van der Waals surface area contributed by atoms with E-state index in [-0.39, 0.29) is 18.5 Å². The molecule has 3 aromatic carbocycles. The van der Waals surface area contributed by atoms with E-state index in [0.29, 0.717) is 23.1 Å². The smallest absolute Gasteiger partial charge is 0.343 e. The molecule has 0 amide bonds. The van der Waals surface area contributed by atoms with Gasteiger partial charge in [-0.3, -0.25) is 0 Å². The van der Waals surface area contributed by atoms with Gasteiger partial charge in [0.05, 0.1) is 7.11 Å². The first-order chi connectivity index (χ1) is 15.0. The number of benzene rings is 3. The molecular weight excluding hydrogens is 393 g/mol. The van der Waals surface area contributed by atoms with Crippen LogP contribution in [0.5, 0.6) is 5.75 Å². The number of rotatable bonds is 7. The molecule has 31 heavy (non-hydrogen) atoms. The predicted octanol–water partition coefficient (Wildman–Crippen LogP) is 5.52. The quantitative estimate of drug-likeness (QED) is 0.511. The summed E-state index contributed by atoms with van der Waals surface area (Å²) >= 11 is 0. The molecule has 4 nitrogen and oxygen atoms in total. The van der Waals surface area contributed by atoms with Crippen LogP contribution in [0.1, 0.15) is 49.3 Å². The fourth-order valence-corrected chi connectivity index (χ4v) is 4.58. The molecule has 162 valence electrons. The first kappa shape index (κ1) is 21.3. The third-order valence-corrected chi connectivity index (χ3v) is 6.23. The van der Waals surface area contributed by atoms with Gasteiger partial charge >= 0.3 is 5.97 Å². The molecule has 5 heteroatoms. The highest BCUT2D eigenvalue weighted by atomic mass is 19.1. The van der Waals surface area contributed by atoms with Crippen molar-refractivity contribution in [2.24, 2.45) is 0 Å². The number of carbonyl (C=O) groups excluding carboxylic acids is 1. The molecule has 3 atom stereocenters. The number of fused-ring (bicyclic) bond motifs is 1. The molecule has 1 aliphatic rings. The number of hydrogen-bond donors (Lipinski definition) is 1. The van der Waals surface area contributed by atoms with Crippen molar-refractivity contribution in [2.75, 3.05) is 13.7 Å². The van der Waals surface area contributed by atoms with Gasteiger partial charge in [0, 0.05) is 17.5 Å². The largest absolute Gasteiger partial charge is 0.482 e. The summed E-state index contributed by atoms with van der Waals surface area (Å²) in [6, 6.07) is 19.7. The van der Waals surface area contributed by atoms with Gasteiger partial charge < -0.3 is 14.8 Å². The van der Waals surface area contributed by atoms with E-state index in [4.69, 9.17) is 4.74 Å². The third kappa shape index (κ3) is 4.88. The van der Waals surface area contributed by atoms with Crippen molar-refractivity contribution in [2.45, 2.75) is 44.2 Å². The molecule has 0 saturated heterocycles. The lowest BCUT2D eigenvalue weighted by molar-refractivity contribution is -0.142. The summed E-state index contributed by atoms with van der Waals surface area (Å²) in [7, 11) is 1.35. The van der Waals surface area contributed by atoms with Gasteiger partial charge in [-0.25, -0.2) is 9.18 Å². The van der Waals surface area contributed by atoms with Crippen LogP contribution < -0.4 is 10.1 Å². The van der Waals surface area contributed by atoms with Crippen molar-refractivity contribution in [3.63, 3.8) is 0 Å². The van der Waals surface area contributed by atoms with Crippen LogP contribution >= 0.6 is 0 Å². The van der Waals surface area contributed by atoms with Crippen LogP contribution in [0, 0.1) is 5.82 Å². The lowest BCUT2D eigenvalue weighted by atomic mass is 9.96. The van der Waals surface area contributed by atoms with Crippen molar-refractivity contribution in [1.82, 2.24) is 5.32 Å². The molecule has 1 saturated carbocycles. The summed E-state index contributed by atoms with van der Waals surface area (Å²) in [6.07, 6.45) is 3.29. The Morgan fingerprint density at radius 1 is 1.06 bits per heavy atom. The van der Waals surface area contributed by atoms with Gasteiger partial charge in [-0.2, -0.15) is 0 Å². The van der Waals surface area contributed by atoms with Crippen molar-refractivity contribution in [1.29, 1.82) is 0 Å². The van der Waals surface area contributed by atoms with Crippen LogP contribution in [0.4, 0.5) is 4.39 Å². The van der Waals surface area contributed by atoms with Gasteiger partial charge in [-0.15, -0.1) is 0 Å². The molecule has 3 aromatic rings. The molecule has 0 heterocycles. The first-order valence-electron chi connectivity index (χ1n) is 10.8. The zero-order valence-corrected chi connectivity index (χ0v) is 17.9. The number of ether oxygens (including phenoxy) is 2. The highest BCUT2D eigenvalue weighted by Gasteiger charge is 2.27. The van der Waals surface area contributed by atoms with Crippen molar-refractivity contribution in [3.8, 4) is 5.75 Å². The van der Waals surface area contributed by atoms with Crippen molar-refractivity contribution in [3.05, 3.63) is 77.6 Å². The molecular formula is C26H28FNO3.